The van der Waals surface area contributed by atoms with Gasteiger partial charge in [-0.25, -0.2) is 9.97 Å². The second-order valence-corrected chi connectivity index (χ2v) is 6.19. The van der Waals surface area contributed by atoms with Gasteiger partial charge in [-0.15, -0.1) is 0 Å². The highest BCUT2D eigenvalue weighted by atomic mass is 32.1. The molecule has 0 spiro atoms. The SMILES string of the molecule is CC.CC.Cc1nc2c(=O)[nH]c(NC(=O)C(C)(C)C)nc2s1. The van der Waals surface area contributed by atoms with Crippen LogP contribution in [0.5, 0.6) is 0 Å². The summed E-state index contributed by atoms with van der Waals surface area (Å²) >= 11 is 1.32. The summed E-state index contributed by atoms with van der Waals surface area (Å²) in [6.45, 7) is 15.2. The number of rotatable bonds is 1. The van der Waals surface area contributed by atoms with E-state index in [0.29, 0.717) is 10.3 Å². The van der Waals surface area contributed by atoms with Crippen molar-refractivity contribution in [1.29, 1.82) is 0 Å². The van der Waals surface area contributed by atoms with Crippen LogP contribution in [0.4, 0.5) is 5.95 Å². The number of amides is 1. The van der Waals surface area contributed by atoms with Gasteiger partial charge in [0.15, 0.2) is 10.3 Å². The van der Waals surface area contributed by atoms with E-state index in [0.717, 1.165) is 5.01 Å². The fourth-order valence-corrected chi connectivity index (χ4v) is 2.08. The molecule has 0 saturated carbocycles. The summed E-state index contributed by atoms with van der Waals surface area (Å²) in [6, 6.07) is 0. The van der Waals surface area contributed by atoms with Crippen LogP contribution >= 0.6 is 11.3 Å². The smallest absolute Gasteiger partial charge is 0.279 e. The lowest BCUT2D eigenvalue weighted by Crippen LogP contribution is -2.29. The number of aromatic nitrogens is 3. The van der Waals surface area contributed by atoms with Gasteiger partial charge in [0.1, 0.15) is 0 Å². The largest absolute Gasteiger partial charge is 0.296 e. The number of carbonyl (C=O) groups is 1. The van der Waals surface area contributed by atoms with Gasteiger partial charge in [-0.2, -0.15) is 0 Å². The van der Waals surface area contributed by atoms with Crippen LogP contribution < -0.4 is 10.9 Å². The van der Waals surface area contributed by atoms with Crippen LogP contribution in [0.15, 0.2) is 4.79 Å². The molecule has 7 heteroatoms. The van der Waals surface area contributed by atoms with Crippen molar-refractivity contribution in [2.45, 2.75) is 55.4 Å². The number of hydrogen-bond acceptors (Lipinski definition) is 5. The van der Waals surface area contributed by atoms with Crippen molar-refractivity contribution in [3.63, 3.8) is 0 Å². The predicted molar refractivity (Wildman–Crippen MR) is 93.6 cm³/mol. The molecular formula is C15H26N4O2S. The highest BCUT2D eigenvalue weighted by molar-refractivity contribution is 7.18. The monoisotopic (exact) mass is 326 g/mol. The van der Waals surface area contributed by atoms with E-state index in [1.165, 1.54) is 11.3 Å². The first kappa shape index (κ1) is 20.2. The number of thiazole rings is 1. The van der Waals surface area contributed by atoms with Gasteiger partial charge < -0.3 is 0 Å². The van der Waals surface area contributed by atoms with E-state index >= 15 is 0 Å². The topological polar surface area (TPSA) is 87.7 Å². The van der Waals surface area contributed by atoms with Gasteiger partial charge in [0, 0.05) is 5.41 Å². The number of aryl methyl sites for hydroxylation is 1. The molecule has 0 aliphatic carbocycles. The number of nitrogens with zero attached hydrogens (tertiary/aromatic N) is 2. The normalized spacial score (nSPS) is 10.2. The summed E-state index contributed by atoms with van der Waals surface area (Å²) in [5.41, 5.74) is -0.572. The maximum Gasteiger partial charge on any atom is 0.279 e. The first-order valence-corrected chi connectivity index (χ1v) is 8.28. The van der Waals surface area contributed by atoms with Crippen molar-refractivity contribution in [1.82, 2.24) is 15.0 Å². The highest BCUT2D eigenvalue weighted by Crippen LogP contribution is 2.19. The summed E-state index contributed by atoms with van der Waals surface area (Å²) in [5.74, 6) is -0.0395. The molecule has 2 heterocycles. The van der Waals surface area contributed by atoms with Crippen LogP contribution in [0.1, 0.15) is 53.5 Å². The third kappa shape index (κ3) is 5.22. The van der Waals surface area contributed by atoms with E-state index in [4.69, 9.17) is 0 Å². The molecule has 0 fully saturated rings. The molecule has 0 unspecified atom stereocenters. The second-order valence-electron chi connectivity index (χ2n) is 5.01. The molecule has 1 amide bonds. The predicted octanol–water partition coefficient (Wildman–Crippen LogP) is 3.73. The minimum absolute atomic E-state index is 0.163. The van der Waals surface area contributed by atoms with Crippen molar-refractivity contribution in [3.8, 4) is 0 Å². The standard InChI is InChI=1S/C11H14N4O2S.2C2H6/c1-5-12-6-7(16)13-10(14-8(6)18-5)15-9(17)11(2,3)4;2*1-2/h1-4H3,(H2,13,14,15,16,17);2*1-2H3. The summed E-state index contributed by atoms with van der Waals surface area (Å²) in [7, 11) is 0. The van der Waals surface area contributed by atoms with Gasteiger partial charge in [0.25, 0.3) is 5.56 Å². The Kier molecular flexibility index (Phi) is 7.94. The van der Waals surface area contributed by atoms with Crippen molar-refractivity contribution in [2.24, 2.45) is 5.41 Å². The molecule has 2 N–H and O–H groups in total. The molecule has 22 heavy (non-hydrogen) atoms. The van der Waals surface area contributed by atoms with E-state index in [1.807, 2.05) is 27.7 Å². The molecule has 0 aromatic carbocycles. The van der Waals surface area contributed by atoms with Gasteiger partial charge in [-0.05, 0) is 6.92 Å². The molecule has 0 aliphatic heterocycles. The maximum absolute atomic E-state index is 11.8. The fourth-order valence-electron chi connectivity index (χ4n) is 1.29. The Morgan fingerprint density at radius 2 is 1.68 bits per heavy atom. The first-order valence-electron chi connectivity index (χ1n) is 7.46. The molecule has 124 valence electrons. The molecule has 2 aromatic heterocycles. The third-order valence-corrected chi connectivity index (χ3v) is 3.15. The molecule has 0 atom stereocenters. The van der Waals surface area contributed by atoms with Crippen molar-refractivity contribution >= 4 is 33.5 Å². The van der Waals surface area contributed by atoms with Gasteiger partial charge in [0.05, 0.1) is 5.01 Å². The third-order valence-electron chi connectivity index (χ3n) is 2.29. The van der Waals surface area contributed by atoms with E-state index in [-0.39, 0.29) is 17.4 Å². The molecule has 2 aromatic rings. The number of H-pyrrole nitrogens is 1. The van der Waals surface area contributed by atoms with Crippen LogP contribution in [0.3, 0.4) is 0 Å². The van der Waals surface area contributed by atoms with Gasteiger partial charge in [-0.1, -0.05) is 59.8 Å². The Labute approximate surface area is 135 Å². The number of anilines is 1. The molecule has 0 saturated heterocycles. The average molecular weight is 326 g/mol. The van der Waals surface area contributed by atoms with E-state index in [2.05, 4.69) is 20.3 Å². The van der Waals surface area contributed by atoms with Crippen molar-refractivity contribution in [3.05, 3.63) is 15.4 Å². The lowest BCUT2D eigenvalue weighted by molar-refractivity contribution is -0.123. The zero-order valence-corrected chi connectivity index (χ0v) is 15.4. The summed E-state index contributed by atoms with van der Waals surface area (Å²) in [6.07, 6.45) is 0. The molecule has 0 aliphatic rings. The molecule has 2 rings (SSSR count). The van der Waals surface area contributed by atoms with Gasteiger partial charge >= 0.3 is 0 Å². The lowest BCUT2D eigenvalue weighted by Gasteiger charge is -2.16. The summed E-state index contributed by atoms with van der Waals surface area (Å²) < 4.78 is 0. The molecular weight excluding hydrogens is 300 g/mol. The summed E-state index contributed by atoms with van der Waals surface area (Å²) in [4.78, 5) is 34.8. The Morgan fingerprint density at radius 1 is 1.14 bits per heavy atom. The Balaban J connectivity index is 0.00000102. The Morgan fingerprint density at radius 3 is 2.18 bits per heavy atom. The minimum Gasteiger partial charge on any atom is -0.296 e. The van der Waals surface area contributed by atoms with Crippen LogP contribution in [0.25, 0.3) is 10.3 Å². The fraction of sp³-hybridized carbons (Fsp3) is 0.600. The number of aromatic amines is 1. The van der Waals surface area contributed by atoms with E-state index in [9.17, 15) is 9.59 Å². The molecule has 0 radical (unpaired) electrons. The number of nitrogens with one attached hydrogen (secondary N) is 2. The van der Waals surface area contributed by atoms with E-state index < -0.39 is 5.41 Å². The Hall–Kier alpha value is -1.76. The maximum atomic E-state index is 11.8. The average Bonchev–Trinajstić information content (AvgIpc) is 2.83. The van der Waals surface area contributed by atoms with Crippen molar-refractivity contribution < 1.29 is 4.79 Å². The van der Waals surface area contributed by atoms with Crippen LogP contribution in [-0.2, 0) is 4.79 Å². The quantitative estimate of drug-likeness (QED) is 0.836. The second kappa shape index (κ2) is 8.63. The summed E-state index contributed by atoms with van der Waals surface area (Å²) in [5, 5.41) is 3.36. The van der Waals surface area contributed by atoms with E-state index in [1.54, 1.807) is 27.7 Å². The van der Waals surface area contributed by atoms with Crippen molar-refractivity contribution in [2.75, 3.05) is 5.32 Å². The van der Waals surface area contributed by atoms with Crippen LogP contribution in [0, 0.1) is 12.3 Å². The van der Waals surface area contributed by atoms with Crippen LogP contribution in [0.2, 0.25) is 0 Å². The first-order chi connectivity index (χ1) is 10.3. The van der Waals surface area contributed by atoms with Gasteiger partial charge in [0.2, 0.25) is 11.9 Å². The number of fused-ring (bicyclic) bond motifs is 1. The lowest BCUT2D eigenvalue weighted by atomic mass is 9.96. The zero-order valence-electron chi connectivity index (χ0n) is 14.6. The zero-order chi connectivity index (χ0) is 17.5. The van der Waals surface area contributed by atoms with Gasteiger partial charge in [-0.3, -0.25) is 19.9 Å². The van der Waals surface area contributed by atoms with Crippen LogP contribution in [-0.4, -0.2) is 20.9 Å². The number of carbonyl (C=O) groups excluding carboxylic acids is 1. The molecule has 6 nitrogen and oxygen atoms in total. The Bertz CT molecular complexity index is 668. The number of hydrogen-bond donors (Lipinski definition) is 2. The minimum atomic E-state index is -0.545. The molecule has 0 bridgehead atoms. The highest BCUT2D eigenvalue weighted by Gasteiger charge is 2.22.